The Labute approximate surface area is 149 Å². The van der Waals surface area contributed by atoms with E-state index in [1.807, 2.05) is 31.7 Å². The third-order valence-electron chi connectivity index (χ3n) is 3.67. The number of aliphatic hydroxyl groups is 1. The Morgan fingerprint density at radius 2 is 1.88 bits per heavy atom. The molecule has 133 valence electrons. The molecule has 25 heavy (non-hydrogen) atoms. The highest BCUT2D eigenvalue weighted by molar-refractivity contribution is 5.93. The first-order valence-electron chi connectivity index (χ1n) is 8.27. The highest BCUT2D eigenvalue weighted by Gasteiger charge is 2.31. The minimum absolute atomic E-state index is 0.0852. The zero-order chi connectivity index (χ0) is 18.1. The molecule has 1 aromatic rings. The average Bonchev–Trinajstić information content (AvgIpc) is 3.15. The molecule has 1 fully saturated rings. The lowest BCUT2D eigenvalue weighted by molar-refractivity contribution is -0.143. The van der Waals surface area contributed by atoms with Crippen molar-refractivity contribution < 1.29 is 19.4 Å². The molecule has 1 amide bonds. The Balaban J connectivity index is 2.10. The van der Waals surface area contributed by atoms with E-state index in [9.17, 15) is 14.7 Å². The Bertz CT molecular complexity index is 544. The second kappa shape index (κ2) is 10.2. The summed E-state index contributed by atoms with van der Waals surface area (Å²) in [7, 11) is 0. The first-order valence-corrected chi connectivity index (χ1v) is 8.27. The van der Waals surface area contributed by atoms with E-state index in [0.29, 0.717) is 12.2 Å². The fourth-order valence-electron chi connectivity index (χ4n) is 2.50. The normalized spacial score (nSPS) is 15.8. The van der Waals surface area contributed by atoms with E-state index in [4.69, 9.17) is 4.74 Å². The zero-order valence-corrected chi connectivity index (χ0v) is 14.2. The Morgan fingerprint density at radius 1 is 1.20 bits per heavy atom. The van der Waals surface area contributed by atoms with Crippen LogP contribution in [0.4, 0.5) is 0 Å². The molecule has 1 saturated carbocycles. The van der Waals surface area contributed by atoms with Gasteiger partial charge in [-0.1, -0.05) is 18.2 Å². The van der Waals surface area contributed by atoms with Crippen LogP contribution in [0.1, 0.15) is 23.7 Å². The SMILES string of the molecule is CCOC(=O)CC(NN(CCO)C(=O)c1ccccc1)[C]1[CH][CH][CH][CH]1. The van der Waals surface area contributed by atoms with Crippen molar-refractivity contribution in [2.45, 2.75) is 19.4 Å². The van der Waals surface area contributed by atoms with Crippen molar-refractivity contribution in [1.29, 1.82) is 0 Å². The third-order valence-corrected chi connectivity index (χ3v) is 3.67. The minimum Gasteiger partial charge on any atom is -0.466 e. The zero-order valence-electron chi connectivity index (χ0n) is 14.2. The van der Waals surface area contributed by atoms with Crippen molar-refractivity contribution in [1.82, 2.24) is 10.4 Å². The molecule has 0 aromatic heterocycles. The van der Waals surface area contributed by atoms with Crippen LogP contribution in [0.5, 0.6) is 0 Å². The fourth-order valence-corrected chi connectivity index (χ4v) is 2.50. The number of aliphatic hydroxyl groups excluding tert-OH is 1. The van der Waals surface area contributed by atoms with E-state index >= 15 is 0 Å². The highest BCUT2D eigenvalue weighted by Crippen LogP contribution is 2.28. The van der Waals surface area contributed by atoms with Gasteiger partial charge in [0.1, 0.15) is 0 Å². The number of esters is 1. The average molecular weight is 343 g/mol. The maximum atomic E-state index is 12.7. The van der Waals surface area contributed by atoms with E-state index in [0.717, 1.165) is 5.92 Å². The lowest BCUT2D eigenvalue weighted by Gasteiger charge is -2.31. The standard InChI is InChI=1S/C19H23N2O4/c1-2-25-18(23)14-17(15-8-6-7-9-15)20-21(12-13-22)19(24)16-10-4-3-5-11-16/h3-11,17,20,22H,2,12-14H2,1H3. The van der Waals surface area contributed by atoms with Crippen LogP contribution in [0.15, 0.2) is 30.3 Å². The quantitative estimate of drug-likeness (QED) is 0.523. The van der Waals surface area contributed by atoms with E-state index in [1.54, 1.807) is 31.2 Å². The predicted molar refractivity (Wildman–Crippen MR) is 93.2 cm³/mol. The summed E-state index contributed by atoms with van der Waals surface area (Å²) in [5.74, 6) is 0.254. The third kappa shape index (κ3) is 5.83. The molecule has 1 atom stereocenters. The topological polar surface area (TPSA) is 78.9 Å². The first kappa shape index (κ1) is 19.4. The molecule has 0 spiro atoms. The number of carbonyl (C=O) groups excluding carboxylic acids is 2. The number of hydrogen-bond donors (Lipinski definition) is 2. The van der Waals surface area contributed by atoms with Gasteiger partial charge >= 0.3 is 5.97 Å². The second-order valence-electron chi connectivity index (χ2n) is 5.46. The van der Waals surface area contributed by atoms with Gasteiger partial charge in [-0.15, -0.1) is 0 Å². The number of hydrazine groups is 1. The van der Waals surface area contributed by atoms with Crippen LogP contribution in [-0.2, 0) is 9.53 Å². The van der Waals surface area contributed by atoms with Gasteiger partial charge in [-0.2, -0.15) is 0 Å². The lowest BCUT2D eigenvalue weighted by Crippen LogP contribution is -2.52. The van der Waals surface area contributed by atoms with E-state index < -0.39 is 6.04 Å². The van der Waals surface area contributed by atoms with Gasteiger partial charge in [0.25, 0.3) is 5.91 Å². The largest absolute Gasteiger partial charge is 0.466 e. The number of amides is 1. The van der Waals surface area contributed by atoms with E-state index in [-0.39, 0.29) is 31.4 Å². The van der Waals surface area contributed by atoms with Crippen LogP contribution in [0.2, 0.25) is 0 Å². The van der Waals surface area contributed by atoms with Gasteiger partial charge < -0.3 is 9.84 Å². The Morgan fingerprint density at radius 3 is 2.48 bits per heavy atom. The van der Waals surface area contributed by atoms with Crippen molar-refractivity contribution in [2.24, 2.45) is 0 Å². The van der Waals surface area contributed by atoms with Gasteiger partial charge in [-0.05, 0) is 44.7 Å². The molecule has 0 saturated heterocycles. The summed E-state index contributed by atoms with van der Waals surface area (Å²) >= 11 is 0. The molecule has 2 N–H and O–H groups in total. The maximum Gasteiger partial charge on any atom is 0.307 e. The summed E-state index contributed by atoms with van der Waals surface area (Å²) in [6.45, 7) is 1.96. The molecule has 6 heteroatoms. The van der Waals surface area contributed by atoms with Gasteiger partial charge in [0.15, 0.2) is 0 Å². The summed E-state index contributed by atoms with van der Waals surface area (Å²) in [6.07, 6.45) is 7.57. The molecule has 6 nitrogen and oxygen atoms in total. The van der Waals surface area contributed by atoms with Crippen molar-refractivity contribution in [2.75, 3.05) is 19.8 Å². The molecule has 1 aromatic carbocycles. The van der Waals surface area contributed by atoms with Gasteiger partial charge in [-0.3, -0.25) is 14.6 Å². The van der Waals surface area contributed by atoms with Crippen LogP contribution < -0.4 is 5.43 Å². The van der Waals surface area contributed by atoms with Crippen LogP contribution >= 0.6 is 0 Å². The lowest BCUT2D eigenvalue weighted by atomic mass is 9.96. The molecular weight excluding hydrogens is 320 g/mol. The molecular formula is C19H23N2O4. The van der Waals surface area contributed by atoms with Crippen molar-refractivity contribution in [3.05, 3.63) is 67.5 Å². The molecule has 1 aliphatic carbocycles. The number of hydrogen-bond acceptors (Lipinski definition) is 5. The van der Waals surface area contributed by atoms with Crippen molar-refractivity contribution in [3.63, 3.8) is 0 Å². The monoisotopic (exact) mass is 343 g/mol. The first-order chi connectivity index (χ1) is 12.2. The van der Waals surface area contributed by atoms with Crippen molar-refractivity contribution in [3.8, 4) is 0 Å². The molecule has 2 rings (SSSR count). The molecule has 0 bridgehead atoms. The Kier molecular flexibility index (Phi) is 7.88. The second-order valence-corrected chi connectivity index (χ2v) is 5.46. The number of nitrogens with one attached hydrogen (secondary N) is 1. The van der Waals surface area contributed by atoms with Gasteiger partial charge in [0.2, 0.25) is 0 Å². The number of ether oxygens (including phenoxy) is 1. The summed E-state index contributed by atoms with van der Waals surface area (Å²) in [5, 5.41) is 10.7. The van der Waals surface area contributed by atoms with Gasteiger partial charge in [-0.25, -0.2) is 5.43 Å². The van der Waals surface area contributed by atoms with Gasteiger partial charge in [0, 0.05) is 17.5 Å². The molecule has 5 radical (unpaired) electrons. The minimum atomic E-state index is -0.423. The van der Waals surface area contributed by atoms with Crippen LogP contribution in [0, 0.1) is 31.6 Å². The van der Waals surface area contributed by atoms with Gasteiger partial charge in [0.05, 0.1) is 26.2 Å². The predicted octanol–water partition coefficient (Wildman–Crippen LogP) is 1.35. The number of rotatable bonds is 9. The van der Waals surface area contributed by atoms with E-state index in [2.05, 4.69) is 5.43 Å². The number of benzene rings is 1. The molecule has 1 aliphatic rings. The Hall–Kier alpha value is -1.92. The van der Waals surface area contributed by atoms with Crippen LogP contribution in [0.25, 0.3) is 0 Å². The number of nitrogens with zero attached hydrogens (tertiary/aromatic N) is 1. The number of carbonyl (C=O) groups is 2. The summed E-state index contributed by atoms with van der Waals surface area (Å²) < 4.78 is 5.03. The smallest absolute Gasteiger partial charge is 0.307 e. The van der Waals surface area contributed by atoms with E-state index in [1.165, 1.54) is 5.01 Å². The summed E-state index contributed by atoms with van der Waals surface area (Å²) in [4.78, 5) is 24.6. The molecule has 0 aliphatic heterocycles. The van der Waals surface area contributed by atoms with Crippen LogP contribution in [0.3, 0.4) is 0 Å². The van der Waals surface area contributed by atoms with Crippen molar-refractivity contribution >= 4 is 11.9 Å². The highest BCUT2D eigenvalue weighted by atomic mass is 16.5. The summed E-state index contributed by atoms with van der Waals surface area (Å²) in [5.41, 5.74) is 3.57. The summed E-state index contributed by atoms with van der Waals surface area (Å²) in [6, 6.07) is 8.37. The fraction of sp³-hybridized carbons (Fsp3) is 0.316. The van der Waals surface area contributed by atoms with Crippen LogP contribution in [-0.4, -0.2) is 47.8 Å². The molecule has 1 unspecified atom stereocenters. The maximum absolute atomic E-state index is 12.7. The molecule has 0 heterocycles.